The summed E-state index contributed by atoms with van der Waals surface area (Å²) in [5, 5.41) is 7.61. The minimum atomic E-state index is -0.217. The van der Waals surface area contributed by atoms with E-state index in [0.29, 0.717) is 19.0 Å². The van der Waals surface area contributed by atoms with Crippen molar-refractivity contribution in [2.24, 2.45) is 0 Å². The van der Waals surface area contributed by atoms with Gasteiger partial charge in [-0.15, -0.1) is 10.2 Å². The second-order valence-electron chi connectivity index (χ2n) is 6.00. The van der Waals surface area contributed by atoms with Gasteiger partial charge in [0.1, 0.15) is 6.61 Å². The number of ether oxygens (including phenoxy) is 1. The third-order valence-corrected chi connectivity index (χ3v) is 4.18. The van der Waals surface area contributed by atoms with Gasteiger partial charge in [-0.1, -0.05) is 17.7 Å². The smallest absolute Gasteiger partial charge is 0.311 e. The van der Waals surface area contributed by atoms with Crippen molar-refractivity contribution in [3.05, 3.63) is 41.1 Å². The summed E-state index contributed by atoms with van der Waals surface area (Å²) in [7, 11) is 1.54. The molecule has 0 unspecified atom stereocenters. The molecule has 0 N–H and O–H groups in total. The number of hydrogen-bond donors (Lipinski definition) is 0. The molecule has 0 radical (unpaired) electrons. The molecule has 0 atom stereocenters. The first kappa shape index (κ1) is 16.4. The lowest BCUT2D eigenvalue weighted by Gasteiger charge is -2.36. The Morgan fingerprint density at radius 1 is 1.21 bits per heavy atom. The van der Waals surface area contributed by atoms with E-state index in [1.165, 1.54) is 23.9 Å². The average molecular weight is 330 g/mol. The fourth-order valence-corrected chi connectivity index (χ4v) is 2.97. The Kier molecular flexibility index (Phi) is 4.80. The molecule has 128 valence electrons. The molecule has 7 heteroatoms. The van der Waals surface area contributed by atoms with E-state index in [0.717, 1.165) is 13.1 Å². The summed E-state index contributed by atoms with van der Waals surface area (Å²) >= 11 is 0. The molecule has 0 bridgehead atoms. The van der Waals surface area contributed by atoms with E-state index < -0.39 is 0 Å². The molecular weight excluding hydrogens is 308 g/mol. The minimum Gasteiger partial charge on any atom is -0.414 e. The number of aryl methyl sites for hydroxylation is 2. The molecule has 1 amide bonds. The first-order valence-corrected chi connectivity index (χ1v) is 8.01. The van der Waals surface area contributed by atoms with Crippen LogP contribution < -0.4 is 4.90 Å². The molecule has 1 saturated heterocycles. The highest BCUT2D eigenvalue weighted by Crippen LogP contribution is 2.22. The zero-order chi connectivity index (χ0) is 17.1. The zero-order valence-electron chi connectivity index (χ0n) is 14.3. The predicted octanol–water partition coefficient (Wildman–Crippen LogP) is 1.80. The molecule has 24 heavy (non-hydrogen) atoms. The lowest BCUT2D eigenvalue weighted by Crippen LogP contribution is -2.49. The van der Waals surface area contributed by atoms with Gasteiger partial charge in [0.15, 0.2) is 0 Å². The van der Waals surface area contributed by atoms with Crippen LogP contribution >= 0.6 is 0 Å². The number of benzene rings is 1. The molecular formula is C17H22N4O3. The highest BCUT2D eigenvalue weighted by atomic mass is 16.5. The fourth-order valence-electron chi connectivity index (χ4n) is 2.97. The number of anilines is 1. The summed E-state index contributed by atoms with van der Waals surface area (Å²) < 4.78 is 10.3. The van der Waals surface area contributed by atoms with Crippen molar-refractivity contribution in [1.29, 1.82) is 0 Å². The number of hydrogen-bond acceptors (Lipinski definition) is 6. The predicted molar refractivity (Wildman–Crippen MR) is 89.0 cm³/mol. The standard InChI is InChI=1S/C17H22N4O3/c1-12-4-5-14(13(2)10-12)20-6-8-21(9-7-20)17(22)16-19-18-15(24-16)11-23-3/h4-5,10H,6-9,11H2,1-3H3. The molecule has 0 saturated carbocycles. The van der Waals surface area contributed by atoms with Crippen molar-refractivity contribution in [1.82, 2.24) is 15.1 Å². The number of piperazine rings is 1. The third kappa shape index (κ3) is 3.41. The van der Waals surface area contributed by atoms with Crippen molar-refractivity contribution in [3.63, 3.8) is 0 Å². The van der Waals surface area contributed by atoms with Crippen molar-refractivity contribution in [2.45, 2.75) is 20.5 Å². The number of rotatable bonds is 4. The van der Waals surface area contributed by atoms with Crippen LogP contribution in [0.25, 0.3) is 0 Å². The molecule has 3 rings (SSSR count). The molecule has 1 aliphatic heterocycles. The van der Waals surface area contributed by atoms with E-state index in [1.807, 2.05) is 0 Å². The summed E-state index contributed by atoms with van der Waals surface area (Å²) in [6.07, 6.45) is 0. The maximum atomic E-state index is 12.4. The first-order valence-electron chi connectivity index (χ1n) is 8.01. The van der Waals surface area contributed by atoms with Gasteiger partial charge < -0.3 is 19.0 Å². The molecule has 1 fully saturated rings. The van der Waals surface area contributed by atoms with Gasteiger partial charge in [0.05, 0.1) is 0 Å². The number of methoxy groups -OCH3 is 1. The van der Waals surface area contributed by atoms with Crippen LogP contribution in [-0.4, -0.2) is 54.3 Å². The van der Waals surface area contributed by atoms with Crippen LogP contribution in [-0.2, 0) is 11.3 Å². The van der Waals surface area contributed by atoms with E-state index >= 15 is 0 Å². The van der Waals surface area contributed by atoms with Gasteiger partial charge in [-0.3, -0.25) is 4.79 Å². The average Bonchev–Trinajstić information content (AvgIpc) is 3.03. The highest BCUT2D eigenvalue weighted by Gasteiger charge is 2.26. The Hall–Kier alpha value is -2.41. The van der Waals surface area contributed by atoms with E-state index in [4.69, 9.17) is 9.15 Å². The topological polar surface area (TPSA) is 71.7 Å². The Morgan fingerprint density at radius 2 is 1.96 bits per heavy atom. The molecule has 2 aromatic rings. The van der Waals surface area contributed by atoms with Gasteiger partial charge in [0.2, 0.25) is 5.89 Å². The van der Waals surface area contributed by atoms with Crippen LogP contribution in [0.15, 0.2) is 22.6 Å². The SMILES string of the molecule is COCc1nnc(C(=O)N2CCN(c3ccc(C)cc3C)CC2)o1. The van der Waals surface area contributed by atoms with Gasteiger partial charge in [-0.25, -0.2) is 0 Å². The molecule has 1 aromatic carbocycles. The van der Waals surface area contributed by atoms with Crippen molar-refractivity contribution >= 4 is 11.6 Å². The molecule has 7 nitrogen and oxygen atoms in total. The van der Waals surface area contributed by atoms with Crippen LogP contribution in [0.5, 0.6) is 0 Å². The van der Waals surface area contributed by atoms with E-state index in [2.05, 4.69) is 47.1 Å². The summed E-state index contributed by atoms with van der Waals surface area (Å²) in [6, 6.07) is 6.45. The first-order chi connectivity index (χ1) is 11.6. The number of aromatic nitrogens is 2. The van der Waals surface area contributed by atoms with Crippen LogP contribution in [0, 0.1) is 13.8 Å². The number of carbonyl (C=O) groups excluding carboxylic acids is 1. The minimum absolute atomic E-state index is 0.0296. The Bertz CT molecular complexity index is 720. The summed E-state index contributed by atoms with van der Waals surface area (Å²) in [5.41, 5.74) is 3.75. The largest absolute Gasteiger partial charge is 0.414 e. The third-order valence-electron chi connectivity index (χ3n) is 4.18. The van der Waals surface area contributed by atoms with Crippen LogP contribution in [0.3, 0.4) is 0 Å². The van der Waals surface area contributed by atoms with Crippen LogP contribution in [0.1, 0.15) is 27.7 Å². The second-order valence-corrected chi connectivity index (χ2v) is 6.00. The lowest BCUT2D eigenvalue weighted by molar-refractivity contribution is 0.0699. The van der Waals surface area contributed by atoms with Crippen molar-refractivity contribution in [2.75, 3.05) is 38.2 Å². The number of nitrogens with zero attached hydrogens (tertiary/aromatic N) is 4. The van der Waals surface area contributed by atoms with E-state index in [-0.39, 0.29) is 18.4 Å². The van der Waals surface area contributed by atoms with Crippen LogP contribution in [0.4, 0.5) is 5.69 Å². The number of carbonyl (C=O) groups is 1. The van der Waals surface area contributed by atoms with E-state index in [9.17, 15) is 4.79 Å². The normalized spacial score (nSPS) is 15.0. The Morgan fingerprint density at radius 3 is 2.62 bits per heavy atom. The summed E-state index contributed by atoms with van der Waals surface area (Å²) in [6.45, 7) is 7.26. The highest BCUT2D eigenvalue weighted by molar-refractivity contribution is 5.89. The zero-order valence-corrected chi connectivity index (χ0v) is 14.3. The van der Waals surface area contributed by atoms with Crippen LogP contribution in [0.2, 0.25) is 0 Å². The second kappa shape index (κ2) is 7.00. The Balaban J connectivity index is 1.62. The van der Waals surface area contributed by atoms with Gasteiger partial charge in [-0.2, -0.15) is 0 Å². The lowest BCUT2D eigenvalue weighted by atomic mass is 10.1. The molecule has 2 heterocycles. The van der Waals surface area contributed by atoms with Gasteiger partial charge in [-0.05, 0) is 25.5 Å². The number of amides is 1. The van der Waals surface area contributed by atoms with Gasteiger partial charge >= 0.3 is 11.8 Å². The quantitative estimate of drug-likeness (QED) is 0.851. The summed E-state index contributed by atoms with van der Waals surface area (Å²) in [4.78, 5) is 16.5. The molecule has 0 aliphatic carbocycles. The maximum Gasteiger partial charge on any atom is 0.311 e. The molecule has 1 aromatic heterocycles. The molecule has 1 aliphatic rings. The van der Waals surface area contributed by atoms with Crippen molar-refractivity contribution in [3.8, 4) is 0 Å². The van der Waals surface area contributed by atoms with Gasteiger partial charge in [0.25, 0.3) is 0 Å². The molecule has 0 spiro atoms. The van der Waals surface area contributed by atoms with Crippen molar-refractivity contribution < 1.29 is 13.9 Å². The van der Waals surface area contributed by atoms with E-state index in [1.54, 1.807) is 4.90 Å². The van der Waals surface area contributed by atoms with Gasteiger partial charge in [0, 0.05) is 39.0 Å². The summed E-state index contributed by atoms with van der Waals surface area (Å²) in [5.74, 6) is 0.127. The monoisotopic (exact) mass is 330 g/mol. The fraction of sp³-hybridized carbons (Fsp3) is 0.471. The maximum absolute atomic E-state index is 12.4. The Labute approximate surface area is 141 Å².